The van der Waals surface area contributed by atoms with Crippen molar-refractivity contribution in [2.45, 2.75) is 151 Å². The van der Waals surface area contributed by atoms with Gasteiger partial charge in [0.2, 0.25) is 23.7 Å². The van der Waals surface area contributed by atoms with Crippen molar-refractivity contribution in [3.8, 4) is 28.8 Å². The molecule has 4 atom stereocenters. The number of carbonyl (C=O) groups excluding carboxylic acids is 5. The van der Waals surface area contributed by atoms with Crippen molar-refractivity contribution in [3.63, 3.8) is 0 Å². The number of benzene rings is 2. The van der Waals surface area contributed by atoms with Gasteiger partial charge in [-0.1, -0.05) is 65.8 Å². The van der Waals surface area contributed by atoms with Gasteiger partial charge in [0, 0.05) is 73.2 Å². The summed E-state index contributed by atoms with van der Waals surface area (Å²) in [7, 11) is 6.58. The van der Waals surface area contributed by atoms with Crippen molar-refractivity contribution < 1.29 is 38.2 Å². The molecule has 2 aliphatic carbocycles. The predicted octanol–water partition coefficient (Wildman–Crippen LogP) is 8.75. The zero-order valence-corrected chi connectivity index (χ0v) is 47.5. The van der Waals surface area contributed by atoms with E-state index in [1.54, 1.807) is 65.2 Å². The molecule has 0 bridgehead atoms. The number of methoxy groups -OCH3 is 1. The van der Waals surface area contributed by atoms with Crippen LogP contribution in [0.25, 0.3) is 11.3 Å². The largest absolute Gasteiger partial charge is 0.495 e. The van der Waals surface area contributed by atoms with Crippen LogP contribution in [0.1, 0.15) is 125 Å². The Bertz CT molecular complexity index is 3140. The molecule has 1 saturated heterocycles. The van der Waals surface area contributed by atoms with E-state index in [0.29, 0.717) is 72.3 Å². The van der Waals surface area contributed by atoms with Crippen LogP contribution in [-0.2, 0) is 30.4 Å². The summed E-state index contributed by atoms with van der Waals surface area (Å²) in [6.07, 6.45) is 13.6. The number of ether oxygens (including phenoxy) is 3. The molecule has 20 nitrogen and oxygen atoms in total. The van der Waals surface area contributed by atoms with Gasteiger partial charge in [0.1, 0.15) is 40.3 Å². The van der Waals surface area contributed by atoms with Crippen molar-refractivity contribution in [2.75, 3.05) is 49.0 Å². The summed E-state index contributed by atoms with van der Waals surface area (Å²) in [5.41, 5.74) is 4.91. The second-order valence-corrected chi connectivity index (χ2v) is 23.5. The average Bonchev–Trinajstić information content (AvgIpc) is 4.31. The third-order valence-electron chi connectivity index (χ3n) is 15.9. The average molecular weight is 1130 g/mol. The van der Waals surface area contributed by atoms with Crippen LogP contribution in [0.15, 0.2) is 78.2 Å². The molecular weight excluding hydrogens is 1060 g/mol. The first kappa shape index (κ1) is 56.1. The number of fused-ring (bicyclic) bond motifs is 2. The standard InChI is InChI=1S/C58H68N12O8S2/c1-6-47-56(74)66(4)49-33-60-57(63-53(49)70(47)42-16-7-8-17-42)61-45-25-20-39(32-50(45)76-5)46-35-69(65-64-46)41-23-21-40(22-24-41)67(58(75)78-36(2)37(3)79-80-52-19-9-11-28-59-52)29-31-77-30-12-10-14-38-15-13-18-43-44(38)34-68(55(43)73)48-26-27-51(71)62-54(48)72/h9,11,13,15,18-20,25,28,32-33,35-37,40-42,47-48H,6-8,12,16-17,21-24,26-27,29-31,34H2,1-5H3,(H,60,61,63)(H,62,71,72)/t36?,37?,40?,41?,47-,48?/m1/s1. The summed E-state index contributed by atoms with van der Waals surface area (Å²) >= 11 is 0. The lowest BCUT2D eigenvalue weighted by molar-refractivity contribution is -0.137. The summed E-state index contributed by atoms with van der Waals surface area (Å²) in [4.78, 5) is 86.6. The monoisotopic (exact) mass is 1120 g/mol. The van der Waals surface area contributed by atoms with Gasteiger partial charge in [-0.25, -0.2) is 19.4 Å². The molecule has 3 aliphatic heterocycles. The number of carbonyl (C=O) groups is 5. The lowest BCUT2D eigenvalue weighted by Gasteiger charge is -2.43. The molecule has 420 valence electrons. The first-order valence-corrected chi connectivity index (χ1v) is 29.9. The molecular formula is C58H68N12O8S2. The molecule has 10 rings (SSSR count). The number of aromatic nitrogens is 6. The molecule has 5 aliphatic rings. The van der Waals surface area contributed by atoms with Gasteiger partial charge in [-0.3, -0.25) is 24.5 Å². The van der Waals surface area contributed by atoms with Crippen molar-refractivity contribution in [2.24, 2.45) is 0 Å². The van der Waals surface area contributed by atoms with Gasteiger partial charge in [-0.05, 0) is 118 Å². The minimum Gasteiger partial charge on any atom is -0.495 e. The number of hydrogen-bond donors (Lipinski definition) is 2. The van der Waals surface area contributed by atoms with Crippen molar-refractivity contribution in [3.05, 3.63) is 89.9 Å². The van der Waals surface area contributed by atoms with Crippen LogP contribution in [0.2, 0.25) is 0 Å². The van der Waals surface area contributed by atoms with Gasteiger partial charge in [0.15, 0.2) is 5.82 Å². The summed E-state index contributed by atoms with van der Waals surface area (Å²) in [5, 5.41) is 15.8. The molecule has 0 spiro atoms. The number of likely N-dealkylation sites (N-methyl/N-ethyl adjacent to an activating group) is 1. The minimum absolute atomic E-state index is 0.0160. The highest BCUT2D eigenvalue weighted by atomic mass is 33.1. The molecule has 2 aromatic carbocycles. The van der Waals surface area contributed by atoms with E-state index >= 15 is 0 Å². The van der Waals surface area contributed by atoms with Gasteiger partial charge < -0.3 is 39.1 Å². The van der Waals surface area contributed by atoms with Gasteiger partial charge in [-0.2, -0.15) is 4.98 Å². The molecule has 3 aromatic heterocycles. The fourth-order valence-electron chi connectivity index (χ4n) is 11.3. The van der Waals surface area contributed by atoms with Crippen molar-refractivity contribution in [1.82, 2.24) is 45.1 Å². The van der Waals surface area contributed by atoms with Gasteiger partial charge in [0.25, 0.3) is 5.91 Å². The Hall–Kier alpha value is -7.22. The number of hydrogen-bond acceptors (Lipinski definition) is 17. The molecule has 5 aromatic rings. The molecule has 5 amide bonds. The molecule has 0 radical (unpaired) electrons. The summed E-state index contributed by atoms with van der Waals surface area (Å²) in [6, 6.07) is 16.3. The third kappa shape index (κ3) is 12.4. The van der Waals surface area contributed by atoms with Crippen LogP contribution in [0.3, 0.4) is 0 Å². The number of rotatable bonds is 19. The third-order valence-corrected chi connectivity index (χ3v) is 18.8. The fourth-order valence-corrected chi connectivity index (χ4v) is 13.6. The normalized spacial score (nSPS) is 20.8. The summed E-state index contributed by atoms with van der Waals surface area (Å²) < 4.78 is 20.1. The van der Waals surface area contributed by atoms with Crippen LogP contribution in [0.4, 0.5) is 27.9 Å². The predicted molar refractivity (Wildman–Crippen MR) is 305 cm³/mol. The zero-order chi connectivity index (χ0) is 55.9. The van der Waals surface area contributed by atoms with E-state index in [-0.39, 0.29) is 78.9 Å². The van der Waals surface area contributed by atoms with E-state index in [1.165, 1.54) is 4.90 Å². The minimum atomic E-state index is -0.700. The van der Waals surface area contributed by atoms with Crippen LogP contribution in [0.5, 0.6) is 5.75 Å². The second-order valence-electron chi connectivity index (χ2n) is 20.9. The zero-order valence-electron chi connectivity index (χ0n) is 45.8. The molecule has 6 heterocycles. The lowest BCUT2D eigenvalue weighted by Crippen LogP contribution is -2.55. The molecule has 22 heteroatoms. The molecule has 3 unspecified atom stereocenters. The smallest absolute Gasteiger partial charge is 0.410 e. The van der Waals surface area contributed by atoms with Crippen LogP contribution in [0, 0.1) is 11.8 Å². The van der Waals surface area contributed by atoms with Gasteiger partial charge in [-0.15, -0.1) is 5.10 Å². The van der Waals surface area contributed by atoms with E-state index in [4.69, 9.17) is 19.2 Å². The van der Waals surface area contributed by atoms with E-state index in [2.05, 4.69) is 54.6 Å². The Kier molecular flexibility index (Phi) is 17.9. The number of piperidine rings is 1. The highest BCUT2D eigenvalue weighted by molar-refractivity contribution is 8.76. The van der Waals surface area contributed by atoms with E-state index < -0.39 is 11.9 Å². The van der Waals surface area contributed by atoms with Crippen LogP contribution >= 0.6 is 21.6 Å². The van der Waals surface area contributed by atoms with Crippen LogP contribution in [-0.4, -0.2) is 139 Å². The number of anilines is 4. The maximum absolute atomic E-state index is 14.2. The SMILES string of the molecule is CC[C@@H]1C(=O)N(C)c2cnc(Nc3ccc(-c4cn(C5CCC(N(CCOCCC#Cc6cccc7c6CN(C6CCC(=O)NC6=O)C7=O)C(=O)OC(C)C(C)SSc6ccccn6)CC5)nn4)cc3OC)nc2N1C1CCCC1. The maximum atomic E-state index is 14.2. The summed E-state index contributed by atoms with van der Waals surface area (Å²) in [6.45, 7) is 7.21. The van der Waals surface area contributed by atoms with Gasteiger partial charge >= 0.3 is 6.09 Å². The Morgan fingerprint density at radius 1 is 0.963 bits per heavy atom. The molecule has 3 fully saturated rings. The Morgan fingerprint density at radius 2 is 1.79 bits per heavy atom. The van der Waals surface area contributed by atoms with Crippen molar-refractivity contribution >= 4 is 74.5 Å². The Labute approximate surface area is 474 Å². The number of imide groups is 1. The Morgan fingerprint density at radius 3 is 2.55 bits per heavy atom. The topological polar surface area (TPSA) is 219 Å². The van der Waals surface area contributed by atoms with Gasteiger partial charge in [0.05, 0.1) is 44.4 Å². The number of pyridine rings is 1. The number of nitrogens with zero attached hydrogens (tertiary/aromatic N) is 10. The fraction of sp³-hybridized carbons (Fsp3) is 0.483. The maximum Gasteiger partial charge on any atom is 0.410 e. The second kappa shape index (κ2) is 25.5. The van der Waals surface area contributed by atoms with E-state index in [9.17, 15) is 24.0 Å². The van der Waals surface area contributed by atoms with Crippen molar-refractivity contribution in [1.29, 1.82) is 0 Å². The van der Waals surface area contributed by atoms with E-state index in [0.717, 1.165) is 73.3 Å². The quantitative estimate of drug-likeness (QED) is 0.0342. The first-order chi connectivity index (χ1) is 38.9. The Balaban J connectivity index is 0.759. The summed E-state index contributed by atoms with van der Waals surface area (Å²) in [5.74, 6) is 7.19. The van der Waals surface area contributed by atoms with Crippen LogP contribution < -0.4 is 25.2 Å². The molecule has 2 saturated carbocycles. The highest BCUT2D eigenvalue weighted by Crippen LogP contribution is 2.42. The lowest BCUT2D eigenvalue weighted by atomic mass is 9.90. The number of nitrogens with one attached hydrogen (secondary N) is 2. The van der Waals surface area contributed by atoms with E-state index in [1.807, 2.05) is 72.1 Å². The number of amides is 5. The highest BCUT2D eigenvalue weighted by Gasteiger charge is 2.42. The molecule has 80 heavy (non-hydrogen) atoms. The first-order valence-electron chi connectivity index (χ1n) is 27.7. The molecule has 2 N–H and O–H groups in total.